The minimum absolute atomic E-state index is 0.0167. The molecule has 1 saturated heterocycles. The monoisotopic (exact) mass is 369 g/mol. The molecular formula is C21H24FN3O2. The first-order valence-corrected chi connectivity index (χ1v) is 9.19. The molecular weight excluding hydrogens is 345 g/mol. The number of rotatable bonds is 4. The van der Waals surface area contributed by atoms with Gasteiger partial charge in [-0.05, 0) is 35.7 Å². The number of carbonyl (C=O) groups excluding carboxylic acids is 2. The first kappa shape index (κ1) is 19.0. The molecule has 2 aromatic rings. The van der Waals surface area contributed by atoms with E-state index in [0.717, 1.165) is 5.56 Å². The predicted molar refractivity (Wildman–Crippen MR) is 100 cm³/mol. The van der Waals surface area contributed by atoms with Crippen LogP contribution in [0, 0.1) is 11.7 Å². The third-order valence-electron chi connectivity index (χ3n) is 4.97. The van der Waals surface area contributed by atoms with E-state index in [1.54, 1.807) is 41.6 Å². The van der Waals surface area contributed by atoms with Gasteiger partial charge in [0.2, 0.25) is 5.91 Å². The second-order valence-electron chi connectivity index (χ2n) is 7.20. The van der Waals surface area contributed by atoms with Gasteiger partial charge >= 0.3 is 0 Å². The van der Waals surface area contributed by atoms with Gasteiger partial charge in [0.1, 0.15) is 5.82 Å². The fourth-order valence-electron chi connectivity index (χ4n) is 3.40. The number of benzene rings is 1. The van der Waals surface area contributed by atoms with Gasteiger partial charge in [-0.15, -0.1) is 0 Å². The largest absolute Gasteiger partial charge is 0.336 e. The Kier molecular flexibility index (Phi) is 5.84. The minimum atomic E-state index is -0.296. The van der Waals surface area contributed by atoms with Crippen LogP contribution >= 0.6 is 0 Å². The molecule has 142 valence electrons. The van der Waals surface area contributed by atoms with Crippen LogP contribution in [0.4, 0.5) is 4.39 Å². The summed E-state index contributed by atoms with van der Waals surface area (Å²) in [5.41, 5.74) is 1.45. The molecule has 2 heterocycles. The van der Waals surface area contributed by atoms with E-state index in [2.05, 4.69) is 18.8 Å². The molecule has 0 spiro atoms. The maximum absolute atomic E-state index is 13.2. The summed E-state index contributed by atoms with van der Waals surface area (Å²) in [4.78, 5) is 33.2. The lowest BCUT2D eigenvalue weighted by Gasteiger charge is -2.34. The Balaban J connectivity index is 1.82. The molecule has 0 N–H and O–H groups in total. The Hall–Kier alpha value is -2.76. The van der Waals surface area contributed by atoms with Gasteiger partial charge in [0, 0.05) is 44.0 Å². The van der Waals surface area contributed by atoms with Crippen molar-refractivity contribution >= 4 is 11.8 Å². The minimum Gasteiger partial charge on any atom is -0.336 e. The molecule has 1 atom stereocenters. The quantitative estimate of drug-likeness (QED) is 0.832. The van der Waals surface area contributed by atoms with Gasteiger partial charge in [0.15, 0.2) is 0 Å². The molecule has 1 aliphatic heterocycles. The van der Waals surface area contributed by atoms with E-state index in [-0.39, 0.29) is 36.0 Å². The molecule has 1 fully saturated rings. The fourth-order valence-corrected chi connectivity index (χ4v) is 3.40. The van der Waals surface area contributed by atoms with Crippen molar-refractivity contribution in [2.45, 2.75) is 32.9 Å². The van der Waals surface area contributed by atoms with Crippen LogP contribution in [0.25, 0.3) is 0 Å². The highest BCUT2D eigenvalue weighted by Gasteiger charge is 2.33. The van der Waals surface area contributed by atoms with Crippen LogP contribution in [0.5, 0.6) is 0 Å². The Morgan fingerprint density at radius 3 is 2.48 bits per heavy atom. The number of carbonyl (C=O) groups is 2. The average molecular weight is 369 g/mol. The maximum Gasteiger partial charge on any atom is 0.254 e. The number of halogens is 1. The lowest BCUT2D eigenvalue weighted by Crippen LogP contribution is -2.47. The highest BCUT2D eigenvalue weighted by molar-refractivity contribution is 5.94. The summed E-state index contributed by atoms with van der Waals surface area (Å²) in [6.07, 6.45) is 3.47. The summed E-state index contributed by atoms with van der Waals surface area (Å²) in [7, 11) is 0. The summed E-state index contributed by atoms with van der Waals surface area (Å²) in [5.74, 6) is -0.182. The van der Waals surface area contributed by atoms with Gasteiger partial charge in [-0.25, -0.2) is 4.39 Å². The van der Waals surface area contributed by atoms with Crippen LogP contribution in [0.2, 0.25) is 0 Å². The molecule has 0 aliphatic carbocycles. The smallest absolute Gasteiger partial charge is 0.254 e. The number of aromatic nitrogens is 1. The Labute approximate surface area is 158 Å². The first-order valence-electron chi connectivity index (χ1n) is 9.19. The second kappa shape index (κ2) is 8.29. The van der Waals surface area contributed by atoms with Crippen LogP contribution in [0.1, 0.15) is 36.2 Å². The number of hydrogen-bond donors (Lipinski definition) is 0. The third kappa shape index (κ3) is 4.51. The van der Waals surface area contributed by atoms with Gasteiger partial charge in [-0.2, -0.15) is 0 Å². The molecule has 0 unspecified atom stereocenters. The van der Waals surface area contributed by atoms with Crippen molar-refractivity contribution in [2.75, 3.05) is 13.1 Å². The van der Waals surface area contributed by atoms with Gasteiger partial charge in [0.05, 0.1) is 6.04 Å². The molecule has 2 amide bonds. The molecule has 0 bridgehead atoms. The van der Waals surface area contributed by atoms with E-state index in [9.17, 15) is 14.0 Å². The molecule has 1 aliphatic rings. The summed E-state index contributed by atoms with van der Waals surface area (Å²) in [5, 5.41) is 0. The maximum atomic E-state index is 13.2. The Bertz CT molecular complexity index is 793. The van der Waals surface area contributed by atoms with Crippen LogP contribution < -0.4 is 0 Å². The summed E-state index contributed by atoms with van der Waals surface area (Å²) in [6, 6.07) is 9.49. The Morgan fingerprint density at radius 1 is 1.19 bits per heavy atom. The predicted octanol–water partition coefficient (Wildman–Crippen LogP) is 3.12. The molecule has 0 saturated carbocycles. The molecule has 5 nitrogen and oxygen atoms in total. The van der Waals surface area contributed by atoms with Crippen LogP contribution in [-0.2, 0) is 11.3 Å². The lowest BCUT2D eigenvalue weighted by molar-refractivity contribution is -0.134. The van der Waals surface area contributed by atoms with Gasteiger partial charge in [0.25, 0.3) is 5.91 Å². The van der Waals surface area contributed by atoms with Crippen molar-refractivity contribution in [1.82, 2.24) is 14.8 Å². The number of nitrogens with zero attached hydrogens (tertiary/aromatic N) is 3. The van der Waals surface area contributed by atoms with Crippen molar-refractivity contribution in [2.24, 2.45) is 5.92 Å². The fraction of sp³-hybridized carbons (Fsp3) is 0.381. The molecule has 6 heteroatoms. The van der Waals surface area contributed by atoms with E-state index in [0.29, 0.717) is 25.2 Å². The van der Waals surface area contributed by atoms with E-state index in [1.165, 1.54) is 12.1 Å². The van der Waals surface area contributed by atoms with Crippen LogP contribution in [0.3, 0.4) is 0 Å². The van der Waals surface area contributed by atoms with Crippen LogP contribution in [0.15, 0.2) is 48.8 Å². The van der Waals surface area contributed by atoms with Crippen molar-refractivity contribution in [3.8, 4) is 0 Å². The standard InChI is InChI=1S/C21H24FN3O2/c1-15(2)19-14-24(21(27)17-7-10-23-11-8-17)12-9-20(26)25(19)13-16-3-5-18(22)6-4-16/h3-8,10-11,15,19H,9,12-14H2,1-2H3/t19-/m1/s1. The molecule has 3 rings (SSSR count). The number of amides is 2. The lowest BCUT2D eigenvalue weighted by atomic mass is 10.0. The van der Waals surface area contributed by atoms with E-state index in [1.807, 2.05) is 4.90 Å². The van der Waals surface area contributed by atoms with E-state index >= 15 is 0 Å². The van der Waals surface area contributed by atoms with Crippen molar-refractivity contribution in [3.05, 3.63) is 65.7 Å². The zero-order chi connectivity index (χ0) is 19.4. The second-order valence-corrected chi connectivity index (χ2v) is 7.20. The number of hydrogen-bond acceptors (Lipinski definition) is 3. The van der Waals surface area contributed by atoms with Crippen molar-refractivity contribution < 1.29 is 14.0 Å². The normalized spacial score (nSPS) is 17.9. The highest BCUT2D eigenvalue weighted by atomic mass is 19.1. The van der Waals surface area contributed by atoms with Crippen LogP contribution in [-0.4, -0.2) is 45.7 Å². The molecule has 0 radical (unpaired) electrons. The number of pyridine rings is 1. The van der Waals surface area contributed by atoms with Crippen molar-refractivity contribution in [1.29, 1.82) is 0 Å². The molecule has 27 heavy (non-hydrogen) atoms. The van der Waals surface area contributed by atoms with Gasteiger partial charge < -0.3 is 9.80 Å². The van der Waals surface area contributed by atoms with Crippen molar-refractivity contribution in [3.63, 3.8) is 0 Å². The summed E-state index contributed by atoms with van der Waals surface area (Å²) >= 11 is 0. The van der Waals surface area contributed by atoms with Gasteiger partial charge in [-0.3, -0.25) is 14.6 Å². The van der Waals surface area contributed by atoms with Gasteiger partial charge in [-0.1, -0.05) is 26.0 Å². The molecule has 1 aromatic heterocycles. The zero-order valence-corrected chi connectivity index (χ0v) is 15.6. The highest BCUT2D eigenvalue weighted by Crippen LogP contribution is 2.22. The Morgan fingerprint density at radius 2 is 1.85 bits per heavy atom. The average Bonchev–Trinajstić information content (AvgIpc) is 2.83. The van der Waals surface area contributed by atoms with E-state index in [4.69, 9.17) is 0 Å². The zero-order valence-electron chi connectivity index (χ0n) is 15.6. The first-order chi connectivity index (χ1) is 13.0. The summed E-state index contributed by atoms with van der Waals surface area (Å²) < 4.78 is 13.2. The third-order valence-corrected chi connectivity index (χ3v) is 4.97. The topological polar surface area (TPSA) is 53.5 Å². The summed E-state index contributed by atoms with van der Waals surface area (Å²) in [6.45, 7) is 5.39. The van der Waals surface area contributed by atoms with E-state index < -0.39 is 0 Å². The molecule has 1 aromatic carbocycles. The SMILES string of the molecule is CC(C)[C@H]1CN(C(=O)c2ccncc2)CCC(=O)N1Cc1ccc(F)cc1.